The van der Waals surface area contributed by atoms with Gasteiger partial charge in [-0.3, -0.25) is 4.79 Å². The number of halogens is 1. The lowest BCUT2D eigenvalue weighted by molar-refractivity contribution is 0.0954. The van der Waals surface area contributed by atoms with E-state index in [1.54, 1.807) is 24.3 Å². The summed E-state index contributed by atoms with van der Waals surface area (Å²) in [5, 5.41) is 4.38. The average Bonchev–Trinajstić information content (AvgIpc) is 2.97. The standard InChI is InChI=1S/C29H25ClN2O7S/c1-36-27-16-21(8-14-26(27)39-40(34,35)24-12-10-23(30)11-13-24)18-31-32-29(33)22-9-15-25(28(17-22)37-2)38-19-20-6-4-3-5-7-20/h3-18H,19H2,1-2H3,(H,32,33)/b31-18+. The van der Waals surface area contributed by atoms with Crippen LogP contribution in [0.5, 0.6) is 23.0 Å². The molecule has 9 nitrogen and oxygen atoms in total. The molecule has 0 aromatic heterocycles. The van der Waals surface area contributed by atoms with E-state index in [1.165, 1.54) is 56.8 Å². The highest BCUT2D eigenvalue weighted by atomic mass is 35.5. The van der Waals surface area contributed by atoms with Gasteiger partial charge in [0.25, 0.3) is 5.91 Å². The summed E-state index contributed by atoms with van der Waals surface area (Å²) >= 11 is 5.83. The van der Waals surface area contributed by atoms with Gasteiger partial charge in [-0.05, 0) is 71.8 Å². The highest BCUT2D eigenvalue weighted by molar-refractivity contribution is 7.87. The van der Waals surface area contributed by atoms with Gasteiger partial charge in [0.05, 0.1) is 20.4 Å². The van der Waals surface area contributed by atoms with Gasteiger partial charge in [0.2, 0.25) is 0 Å². The minimum Gasteiger partial charge on any atom is -0.493 e. The number of amides is 1. The largest absolute Gasteiger partial charge is 0.493 e. The summed E-state index contributed by atoms with van der Waals surface area (Å²) in [6, 6.07) is 24.6. The van der Waals surface area contributed by atoms with Crippen LogP contribution in [0, 0.1) is 0 Å². The fraction of sp³-hybridized carbons (Fsp3) is 0.103. The normalized spacial score (nSPS) is 11.2. The Morgan fingerprint density at radius 3 is 2.23 bits per heavy atom. The first-order valence-electron chi connectivity index (χ1n) is 11.9. The number of hydrogen-bond acceptors (Lipinski definition) is 8. The van der Waals surface area contributed by atoms with Gasteiger partial charge in [0.15, 0.2) is 23.0 Å². The van der Waals surface area contributed by atoms with Crippen LogP contribution in [0.4, 0.5) is 0 Å². The summed E-state index contributed by atoms with van der Waals surface area (Å²) in [6.45, 7) is 0.355. The monoisotopic (exact) mass is 580 g/mol. The molecule has 4 aromatic carbocycles. The quantitative estimate of drug-likeness (QED) is 0.142. The van der Waals surface area contributed by atoms with Crippen molar-refractivity contribution in [3.05, 3.63) is 113 Å². The SMILES string of the molecule is COc1cc(C(=O)N/N=C/c2ccc(OS(=O)(=O)c3ccc(Cl)cc3)c(OC)c2)ccc1OCc1ccccc1. The molecule has 1 amide bonds. The summed E-state index contributed by atoms with van der Waals surface area (Å²) in [6.07, 6.45) is 1.38. The zero-order valence-electron chi connectivity index (χ0n) is 21.5. The minimum absolute atomic E-state index is 0.0136. The van der Waals surface area contributed by atoms with Crippen LogP contribution >= 0.6 is 11.6 Å². The van der Waals surface area contributed by atoms with E-state index in [1.807, 2.05) is 30.3 Å². The van der Waals surface area contributed by atoms with Crippen LogP contribution in [0.15, 0.2) is 101 Å². The fourth-order valence-corrected chi connectivity index (χ4v) is 4.56. The molecule has 0 saturated carbocycles. The number of methoxy groups -OCH3 is 2. The molecule has 0 fully saturated rings. The number of benzene rings is 4. The van der Waals surface area contributed by atoms with Gasteiger partial charge in [0.1, 0.15) is 11.5 Å². The van der Waals surface area contributed by atoms with Crippen molar-refractivity contribution < 1.29 is 31.6 Å². The second-order valence-electron chi connectivity index (χ2n) is 8.24. The molecule has 0 aliphatic heterocycles. The van der Waals surface area contributed by atoms with Crippen LogP contribution in [-0.4, -0.2) is 34.8 Å². The van der Waals surface area contributed by atoms with E-state index in [0.717, 1.165) is 5.56 Å². The molecule has 40 heavy (non-hydrogen) atoms. The van der Waals surface area contributed by atoms with Crippen molar-refractivity contribution in [2.75, 3.05) is 14.2 Å². The lowest BCUT2D eigenvalue weighted by Crippen LogP contribution is -2.17. The fourth-order valence-electron chi connectivity index (χ4n) is 3.49. The van der Waals surface area contributed by atoms with Gasteiger partial charge in [-0.15, -0.1) is 0 Å². The molecule has 0 unspecified atom stereocenters. The number of carbonyl (C=O) groups excluding carboxylic acids is 1. The molecule has 4 aromatic rings. The predicted molar refractivity (Wildman–Crippen MR) is 151 cm³/mol. The number of nitrogens with one attached hydrogen (secondary N) is 1. The lowest BCUT2D eigenvalue weighted by Gasteiger charge is -2.12. The van der Waals surface area contributed by atoms with Gasteiger partial charge in [-0.2, -0.15) is 13.5 Å². The zero-order chi connectivity index (χ0) is 28.5. The van der Waals surface area contributed by atoms with Gasteiger partial charge in [-0.25, -0.2) is 5.43 Å². The van der Waals surface area contributed by atoms with E-state index in [2.05, 4.69) is 10.5 Å². The van der Waals surface area contributed by atoms with Crippen LogP contribution in [0.2, 0.25) is 5.02 Å². The second-order valence-corrected chi connectivity index (χ2v) is 10.2. The van der Waals surface area contributed by atoms with Crippen molar-refractivity contribution in [3.63, 3.8) is 0 Å². The van der Waals surface area contributed by atoms with Crippen LogP contribution in [0.25, 0.3) is 0 Å². The smallest absolute Gasteiger partial charge is 0.339 e. The molecular formula is C29H25ClN2O7S. The molecule has 206 valence electrons. The third-order valence-corrected chi connectivity index (χ3v) is 7.03. The van der Waals surface area contributed by atoms with Crippen LogP contribution < -0.4 is 23.8 Å². The Kier molecular flexibility index (Phi) is 9.26. The maximum absolute atomic E-state index is 12.6. The van der Waals surface area contributed by atoms with E-state index in [9.17, 15) is 13.2 Å². The van der Waals surface area contributed by atoms with Gasteiger partial charge < -0.3 is 18.4 Å². The highest BCUT2D eigenvalue weighted by Crippen LogP contribution is 2.31. The molecule has 1 N–H and O–H groups in total. The third-order valence-electron chi connectivity index (χ3n) is 5.53. The molecule has 4 rings (SSSR count). The van der Waals surface area contributed by atoms with Crippen molar-refractivity contribution in [3.8, 4) is 23.0 Å². The number of hydrazone groups is 1. The summed E-state index contributed by atoms with van der Waals surface area (Å²) in [7, 11) is -1.24. The Balaban J connectivity index is 1.40. The van der Waals surface area contributed by atoms with Crippen LogP contribution in [0.1, 0.15) is 21.5 Å². The first kappa shape index (κ1) is 28.5. The van der Waals surface area contributed by atoms with E-state index in [-0.39, 0.29) is 16.4 Å². The van der Waals surface area contributed by atoms with E-state index < -0.39 is 16.0 Å². The summed E-state index contributed by atoms with van der Waals surface area (Å²) in [5.41, 5.74) is 4.29. The Bertz CT molecular complexity index is 1610. The van der Waals surface area contributed by atoms with E-state index >= 15 is 0 Å². The Labute approximate surface area is 237 Å². The number of ether oxygens (including phenoxy) is 3. The number of hydrogen-bond donors (Lipinski definition) is 1. The van der Waals surface area contributed by atoms with Crippen molar-refractivity contribution in [2.45, 2.75) is 11.5 Å². The van der Waals surface area contributed by atoms with Crippen LogP contribution in [0.3, 0.4) is 0 Å². The van der Waals surface area contributed by atoms with Gasteiger partial charge in [-0.1, -0.05) is 41.9 Å². The molecule has 0 bridgehead atoms. The van der Waals surface area contributed by atoms with E-state index in [0.29, 0.717) is 34.3 Å². The Morgan fingerprint density at radius 2 is 1.52 bits per heavy atom. The maximum atomic E-state index is 12.6. The van der Waals surface area contributed by atoms with Crippen molar-refractivity contribution >= 4 is 33.8 Å². The minimum atomic E-state index is -4.11. The number of rotatable bonds is 11. The third kappa shape index (κ3) is 7.31. The Morgan fingerprint density at radius 1 is 0.850 bits per heavy atom. The molecule has 0 spiro atoms. The zero-order valence-corrected chi connectivity index (χ0v) is 23.1. The van der Waals surface area contributed by atoms with Crippen molar-refractivity contribution in [1.82, 2.24) is 5.43 Å². The molecule has 0 saturated heterocycles. The van der Waals surface area contributed by atoms with E-state index in [4.69, 9.17) is 30.0 Å². The second kappa shape index (κ2) is 13.0. The predicted octanol–water partition coefficient (Wildman–Crippen LogP) is 5.47. The van der Waals surface area contributed by atoms with Gasteiger partial charge in [0, 0.05) is 10.6 Å². The number of carbonyl (C=O) groups is 1. The average molecular weight is 581 g/mol. The first-order valence-corrected chi connectivity index (χ1v) is 13.6. The lowest BCUT2D eigenvalue weighted by atomic mass is 10.2. The van der Waals surface area contributed by atoms with Crippen LogP contribution in [-0.2, 0) is 16.7 Å². The van der Waals surface area contributed by atoms with Crippen molar-refractivity contribution in [2.24, 2.45) is 5.10 Å². The maximum Gasteiger partial charge on any atom is 0.339 e. The summed E-state index contributed by atoms with van der Waals surface area (Å²) in [4.78, 5) is 12.6. The topological polar surface area (TPSA) is 113 Å². The molecular weight excluding hydrogens is 556 g/mol. The molecule has 0 heterocycles. The molecule has 0 aliphatic rings. The molecule has 11 heteroatoms. The van der Waals surface area contributed by atoms with Gasteiger partial charge >= 0.3 is 10.1 Å². The summed E-state index contributed by atoms with van der Waals surface area (Å²) in [5.74, 6) is 0.578. The van der Waals surface area contributed by atoms with Crippen molar-refractivity contribution in [1.29, 1.82) is 0 Å². The molecule has 0 radical (unpaired) electrons. The highest BCUT2D eigenvalue weighted by Gasteiger charge is 2.19. The first-order chi connectivity index (χ1) is 19.3. The molecule has 0 aliphatic carbocycles. The summed E-state index contributed by atoms with van der Waals surface area (Å²) < 4.78 is 47.0. The Hall–Kier alpha value is -4.54. The number of nitrogens with zero attached hydrogens (tertiary/aromatic N) is 1. The molecule has 0 atom stereocenters.